The van der Waals surface area contributed by atoms with E-state index >= 15 is 0 Å². The Labute approximate surface area is 155 Å². The Morgan fingerprint density at radius 3 is 2.62 bits per heavy atom. The third-order valence-electron chi connectivity index (χ3n) is 5.71. The van der Waals surface area contributed by atoms with Crippen LogP contribution in [0.4, 0.5) is 4.79 Å². The number of allylic oxidation sites excluding steroid dienone is 1. The van der Waals surface area contributed by atoms with Gasteiger partial charge in [0.25, 0.3) is 0 Å². The number of carbonyl (C=O) groups excluding carboxylic acids is 1. The Balaban J connectivity index is 1.93. The molecule has 2 aliphatic rings. The van der Waals surface area contributed by atoms with E-state index < -0.39 is 0 Å². The van der Waals surface area contributed by atoms with Gasteiger partial charge in [-0.15, -0.1) is 0 Å². The molecule has 1 aliphatic heterocycles. The number of ether oxygens (including phenoxy) is 3. The van der Waals surface area contributed by atoms with Gasteiger partial charge in [0.15, 0.2) is 11.5 Å². The lowest BCUT2D eigenvalue weighted by Crippen LogP contribution is -2.43. The number of likely N-dealkylation sites (N-methyl/N-ethyl adjacent to an activating group) is 1. The van der Waals surface area contributed by atoms with Crippen molar-refractivity contribution in [1.29, 1.82) is 0 Å². The van der Waals surface area contributed by atoms with Crippen molar-refractivity contribution >= 4 is 6.09 Å². The van der Waals surface area contributed by atoms with Crippen LogP contribution in [0.25, 0.3) is 0 Å². The Morgan fingerprint density at radius 1 is 1.23 bits per heavy atom. The Kier molecular flexibility index (Phi) is 5.14. The zero-order valence-corrected chi connectivity index (χ0v) is 16.2. The zero-order chi connectivity index (χ0) is 18.9. The van der Waals surface area contributed by atoms with E-state index in [1.807, 2.05) is 6.07 Å². The summed E-state index contributed by atoms with van der Waals surface area (Å²) in [6.45, 7) is 1.02. The van der Waals surface area contributed by atoms with E-state index in [1.165, 1.54) is 10.5 Å². The summed E-state index contributed by atoms with van der Waals surface area (Å²) >= 11 is 0. The van der Waals surface area contributed by atoms with Crippen LogP contribution in [-0.2, 0) is 10.2 Å². The number of benzene rings is 1. The topological polar surface area (TPSA) is 51.2 Å². The number of methoxy groups -OCH3 is 2. The van der Waals surface area contributed by atoms with Gasteiger partial charge in [-0.05, 0) is 50.2 Å². The predicted molar refractivity (Wildman–Crippen MR) is 99.7 cm³/mol. The first kappa shape index (κ1) is 18.6. The molecule has 6 nitrogen and oxygen atoms in total. The molecule has 26 heavy (non-hydrogen) atoms. The number of rotatable bonds is 4. The second-order valence-corrected chi connectivity index (χ2v) is 7.31. The maximum atomic E-state index is 11.9. The van der Waals surface area contributed by atoms with Crippen LogP contribution in [0.5, 0.6) is 11.5 Å². The maximum absolute atomic E-state index is 11.9. The molecule has 3 rings (SSSR count). The monoisotopic (exact) mass is 360 g/mol. The molecule has 0 radical (unpaired) electrons. The molecule has 1 aromatic carbocycles. The van der Waals surface area contributed by atoms with Gasteiger partial charge in [0.2, 0.25) is 0 Å². The molecule has 1 amide bonds. The van der Waals surface area contributed by atoms with Gasteiger partial charge in [-0.25, -0.2) is 4.79 Å². The van der Waals surface area contributed by atoms with Gasteiger partial charge in [-0.3, -0.25) is 0 Å². The number of carbonyl (C=O) groups is 1. The van der Waals surface area contributed by atoms with Gasteiger partial charge in [-0.1, -0.05) is 6.07 Å². The van der Waals surface area contributed by atoms with E-state index in [9.17, 15) is 4.79 Å². The van der Waals surface area contributed by atoms with Crippen molar-refractivity contribution < 1.29 is 19.0 Å². The van der Waals surface area contributed by atoms with Crippen molar-refractivity contribution in [3.63, 3.8) is 0 Å². The summed E-state index contributed by atoms with van der Waals surface area (Å²) in [4.78, 5) is 15.7. The van der Waals surface area contributed by atoms with Crippen LogP contribution in [0.1, 0.15) is 24.8 Å². The molecule has 0 bridgehead atoms. The Bertz CT molecular complexity index is 716. The van der Waals surface area contributed by atoms with E-state index in [2.05, 4.69) is 30.2 Å². The number of hydrogen-bond donors (Lipinski definition) is 0. The number of nitrogens with zero attached hydrogens (tertiary/aromatic N) is 2. The summed E-state index contributed by atoms with van der Waals surface area (Å²) in [6.07, 6.45) is 4.39. The molecule has 6 heteroatoms. The number of hydrogen-bond acceptors (Lipinski definition) is 5. The largest absolute Gasteiger partial charge is 0.493 e. The maximum Gasteiger partial charge on any atom is 0.414 e. The molecular weight excluding hydrogens is 332 g/mol. The molecule has 0 aromatic heterocycles. The quantitative estimate of drug-likeness (QED) is 0.826. The lowest BCUT2D eigenvalue weighted by atomic mass is 9.68. The van der Waals surface area contributed by atoms with Gasteiger partial charge in [0.05, 0.1) is 14.2 Å². The molecule has 0 N–H and O–H groups in total. The van der Waals surface area contributed by atoms with Crippen molar-refractivity contribution in [3.05, 3.63) is 35.6 Å². The first-order valence-corrected chi connectivity index (χ1v) is 8.92. The van der Waals surface area contributed by atoms with Crippen molar-refractivity contribution in [2.75, 3.05) is 41.9 Å². The van der Waals surface area contributed by atoms with Crippen LogP contribution >= 0.6 is 0 Å². The Hall–Kier alpha value is -2.21. The van der Waals surface area contributed by atoms with Crippen LogP contribution in [0.2, 0.25) is 0 Å². The predicted octanol–water partition coefficient (Wildman–Crippen LogP) is 3.02. The fraction of sp³-hybridized carbons (Fsp3) is 0.550. The van der Waals surface area contributed by atoms with Gasteiger partial charge in [0, 0.05) is 32.0 Å². The average Bonchev–Trinajstić information content (AvgIpc) is 2.98. The summed E-state index contributed by atoms with van der Waals surface area (Å²) < 4.78 is 16.4. The van der Waals surface area contributed by atoms with E-state index in [0.717, 1.165) is 43.1 Å². The fourth-order valence-corrected chi connectivity index (χ4v) is 4.17. The SMILES string of the molecule is COc1ccc([C@@]23CC=C(OC(=O)N(C)C)C[C@@H]2N(C)CC3)cc1OC. The Morgan fingerprint density at radius 2 is 1.96 bits per heavy atom. The average molecular weight is 360 g/mol. The van der Waals surface area contributed by atoms with E-state index in [1.54, 1.807) is 28.3 Å². The molecule has 0 spiro atoms. The highest BCUT2D eigenvalue weighted by molar-refractivity contribution is 5.68. The standard InChI is InChI=1S/C20H28N2O4/c1-21(2)19(23)26-15-8-9-20(10-11-22(3)18(20)13-15)14-6-7-16(24-4)17(12-14)25-5/h6-8,12,18H,9-11,13H2,1-5H3/t18-,20-/m0/s1. The highest BCUT2D eigenvalue weighted by atomic mass is 16.6. The van der Waals surface area contributed by atoms with E-state index in [4.69, 9.17) is 14.2 Å². The lowest BCUT2D eigenvalue weighted by molar-refractivity contribution is 0.128. The van der Waals surface area contributed by atoms with Crippen molar-refractivity contribution in [3.8, 4) is 11.5 Å². The smallest absolute Gasteiger partial charge is 0.414 e. The summed E-state index contributed by atoms with van der Waals surface area (Å²) in [6, 6.07) is 6.49. The van der Waals surface area contributed by atoms with Gasteiger partial charge in [-0.2, -0.15) is 0 Å². The van der Waals surface area contributed by atoms with Gasteiger partial charge >= 0.3 is 6.09 Å². The zero-order valence-electron chi connectivity index (χ0n) is 16.2. The summed E-state index contributed by atoms with van der Waals surface area (Å²) in [7, 11) is 8.85. The molecule has 0 unspecified atom stereocenters. The normalized spacial score (nSPS) is 25.3. The van der Waals surface area contributed by atoms with Crippen molar-refractivity contribution in [2.45, 2.75) is 30.7 Å². The summed E-state index contributed by atoms with van der Waals surface area (Å²) in [5.74, 6) is 2.25. The number of likely N-dealkylation sites (tertiary alicyclic amines) is 1. The fourth-order valence-electron chi connectivity index (χ4n) is 4.17. The third-order valence-corrected chi connectivity index (χ3v) is 5.71. The minimum atomic E-state index is -0.324. The molecule has 1 saturated heterocycles. The highest BCUT2D eigenvalue weighted by Crippen LogP contribution is 2.49. The molecule has 1 heterocycles. The first-order chi connectivity index (χ1) is 12.4. The molecule has 2 atom stereocenters. The molecule has 0 saturated carbocycles. The number of amides is 1. The van der Waals surface area contributed by atoms with Crippen LogP contribution < -0.4 is 9.47 Å². The second kappa shape index (κ2) is 7.19. The minimum Gasteiger partial charge on any atom is -0.493 e. The van der Waals surface area contributed by atoms with Gasteiger partial charge < -0.3 is 24.0 Å². The molecule has 1 aromatic rings. The van der Waals surface area contributed by atoms with E-state index in [-0.39, 0.29) is 17.6 Å². The number of fused-ring (bicyclic) bond motifs is 1. The summed E-state index contributed by atoms with van der Waals surface area (Å²) in [5, 5.41) is 0. The molecular formula is C20H28N2O4. The lowest BCUT2D eigenvalue weighted by Gasteiger charge is -2.40. The first-order valence-electron chi connectivity index (χ1n) is 8.92. The second-order valence-electron chi connectivity index (χ2n) is 7.31. The third kappa shape index (κ3) is 3.14. The van der Waals surface area contributed by atoms with Crippen molar-refractivity contribution in [1.82, 2.24) is 9.80 Å². The molecule has 142 valence electrons. The molecule has 1 aliphatic carbocycles. The summed E-state index contributed by atoms with van der Waals surface area (Å²) in [5.41, 5.74) is 1.25. The molecule has 1 fully saturated rings. The minimum absolute atomic E-state index is 0.00231. The van der Waals surface area contributed by atoms with Crippen LogP contribution in [0.3, 0.4) is 0 Å². The van der Waals surface area contributed by atoms with Crippen LogP contribution in [0, 0.1) is 0 Å². The van der Waals surface area contributed by atoms with Crippen LogP contribution in [-0.4, -0.2) is 63.8 Å². The van der Waals surface area contributed by atoms with Crippen LogP contribution in [0.15, 0.2) is 30.0 Å². The van der Waals surface area contributed by atoms with Gasteiger partial charge in [0.1, 0.15) is 5.76 Å². The van der Waals surface area contributed by atoms with E-state index in [0.29, 0.717) is 0 Å². The van der Waals surface area contributed by atoms with Crippen molar-refractivity contribution in [2.24, 2.45) is 0 Å². The highest BCUT2D eigenvalue weighted by Gasteiger charge is 2.49.